The van der Waals surface area contributed by atoms with Crippen molar-refractivity contribution in [2.24, 2.45) is 0 Å². The van der Waals surface area contributed by atoms with Gasteiger partial charge in [0, 0.05) is 29.2 Å². The van der Waals surface area contributed by atoms with Crippen LogP contribution in [0.1, 0.15) is 44.1 Å². The van der Waals surface area contributed by atoms with Gasteiger partial charge in [-0.2, -0.15) is 0 Å². The van der Waals surface area contributed by atoms with Gasteiger partial charge < -0.3 is 10.6 Å². The molecule has 0 radical (unpaired) electrons. The summed E-state index contributed by atoms with van der Waals surface area (Å²) in [5.74, 6) is 0.166. The van der Waals surface area contributed by atoms with Gasteiger partial charge in [0.05, 0.1) is 0 Å². The van der Waals surface area contributed by atoms with Gasteiger partial charge in [-0.1, -0.05) is 35.2 Å². The second-order valence-electron chi connectivity index (χ2n) is 5.54. The topological polar surface area (TPSA) is 41.1 Å². The monoisotopic (exact) mass is 338 g/mol. The van der Waals surface area contributed by atoms with Gasteiger partial charge in [-0.3, -0.25) is 4.79 Å². The fraction of sp³-hybridized carbons (Fsp3) is 0.562. The molecule has 0 heterocycles. The third-order valence-electron chi connectivity index (χ3n) is 3.83. The Labute approximate surface area is 129 Å². The van der Waals surface area contributed by atoms with Crippen LogP contribution in [0.25, 0.3) is 0 Å². The Morgan fingerprint density at radius 2 is 2.05 bits per heavy atom. The average molecular weight is 339 g/mol. The van der Waals surface area contributed by atoms with Crippen LogP contribution in [0.5, 0.6) is 0 Å². The van der Waals surface area contributed by atoms with Crippen LogP contribution in [0.3, 0.4) is 0 Å². The van der Waals surface area contributed by atoms with Crippen LogP contribution in [0.15, 0.2) is 22.7 Å². The lowest BCUT2D eigenvalue weighted by atomic mass is 9.95. The van der Waals surface area contributed by atoms with Crippen LogP contribution in [-0.4, -0.2) is 18.5 Å². The number of hydrogen-bond donors (Lipinski definition) is 2. The number of aryl methyl sites for hydroxylation is 1. The Bertz CT molecular complexity index is 456. The lowest BCUT2D eigenvalue weighted by molar-refractivity contribution is -0.121. The lowest BCUT2D eigenvalue weighted by Crippen LogP contribution is -2.36. The first-order valence-corrected chi connectivity index (χ1v) is 8.24. The highest BCUT2D eigenvalue weighted by Crippen LogP contribution is 2.20. The van der Waals surface area contributed by atoms with Crippen molar-refractivity contribution in [1.29, 1.82) is 0 Å². The van der Waals surface area contributed by atoms with Gasteiger partial charge in [0.2, 0.25) is 5.91 Å². The Morgan fingerprint density at radius 3 is 2.75 bits per heavy atom. The molecule has 0 bridgehead atoms. The molecule has 0 aliphatic heterocycles. The molecular weight excluding hydrogens is 316 g/mol. The van der Waals surface area contributed by atoms with E-state index in [0.29, 0.717) is 19.0 Å². The summed E-state index contributed by atoms with van der Waals surface area (Å²) >= 11 is 3.45. The largest absolute Gasteiger partial charge is 0.384 e. The number of nitrogens with one attached hydrogen (secondary N) is 2. The molecule has 1 amide bonds. The molecular formula is C16H23BrN2O. The van der Waals surface area contributed by atoms with Crippen LogP contribution in [0.2, 0.25) is 0 Å². The van der Waals surface area contributed by atoms with Crippen molar-refractivity contribution < 1.29 is 4.79 Å². The van der Waals surface area contributed by atoms with E-state index in [1.165, 1.54) is 24.8 Å². The second-order valence-corrected chi connectivity index (χ2v) is 6.45. The number of halogens is 1. The van der Waals surface area contributed by atoms with E-state index in [1.807, 2.05) is 12.1 Å². The first kappa shape index (κ1) is 15.4. The molecule has 2 rings (SSSR count). The minimum absolute atomic E-state index is 0.166. The summed E-state index contributed by atoms with van der Waals surface area (Å²) in [6.07, 6.45) is 6.64. The molecule has 0 spiro atoms. The summed E-state index contributed by atoms with van der Waals surface area (Å²) < 4.78 is 1.08. The average Bonchev–Trinajstić information content (AvgIpc) is 2.42. The number of amides is 1. The van der Waals surface area contributed by atoms with E-state index in [9.17, 15) is 4.79 Å². The van der Waals surface area contributed by atoms with Gasteiger partial charge >= 0.3 is 0 Å². The molecule has 0 aromatic heterocycles. The van der Waals surface area contributed by atoms with Crippen LogP contribution in [0, 0.1) is 6.92 Å². The normalized spacial score (nSPS) is 15.9. The minimum atomic E-state index is 0.166. The second kappa shape index (κ2) is 7.67. The number of carbonyl (C=O) groups excluding carboxylic acids is 1. The number of benzene rings is 1. The van der Waals surface area contributed by atoms with Crippen molar-refractivity contribution in [3.63, 3.8) is 0 Å². The summed E-state index contributed by atoms with van der Waals surface area (Å²) in [5, 5.41) is 6.47. The Kier molecular flexibility index (Phi) is 5.89. The zero-order valence-corrected chi connectivity index (χ0v) is 13.6. The number of rotatable bonds is 5. The van der Waals surface area contributed by atoms with Crippen LogP contribution in [0.4, 0.5) is 5.69 Å². The molecule has 0 atom stereocenters. The third-order valence-corrected chi connectivity index (χ3v) is 4.32. The molecule has 0 unspecified atom stereocenters. The fourth-order valence-electron chi connectivity index (χ4n) is 2.68. The number of hydrogen-bond acceptors (Lipinski definition) is 2. The maximum absolute atomic E-state index is 11.9. The van der Waals surface area contributed by atoms with Gasteiger partial charge in [0.1, 0.15) is 0 Å². The fourth-order valence-corrected chi connectivity index (χ4v) is 3.16. The summed E-state index contributed by atoms with van der Waals surface area (Å²) in [6.45, 7) is 2.75. The summed E-state index contributed by atoms with van der Waals surface area (Å²) in [7, 11) is 0. The summed E-state index contributed by atoms with van der Waals surface area (Å²) in [4.78, 5) is 11.9. The van der Waals surface area contributed by atoms with E-state index in [4.69, 9.17) is 0 Å². The van der Waals surface area contributed by atoms with Crippen molar-refractivity contribution >= 4 is 27.5 Å². The van der Waals surface area contributed by atoms with Crippen LogP contribution in [-0.2, 0) is 4.79 Å². The maximum Gasteiger partial charge on any atom is 0.221 e. The first-order chi connectivity index (χ1) is 9.65. The molecule has 1 fully saturated rings. The maximum atomic E-state index is 11.9. The van der Waals surface area contributed by atoms with E-state index in [-0.39, 0.29) is 5.91 Å². The zero-order valence-electron chi connectivity index (χ0n) is 12.0. The standard InChI is InChI=1S/C16H23BrN2O/c1-12-11-13(17)7-8-15(12)18-10-9-16(20)19-14-5-3-2-4-6-14/h7-8,11,14,18H,2-6,9-10H2,1H3,(H,19,20). The Hall–Kier alpha value is -1.03. The van der Waals surface area contributed by atoms with E-state index < -0.39 is 0 Å². The molecule has 0 saturated heterocycles. The highest BCUT2D eigenvalue weighted by molar-refractivity contribution is 9.10. The SMILES string of the molecule is Cc1cc(Br)ccc1NCCC(=O)NC1CCCCC1. The molecule has 3 nitrogen and oxygen atoms in total. The molecule has 110 valence electrons. The van der Waals surface area contributed by atoms with E-state index >= 15 is 0 Å². The minimum Gasteiger partial charge on any atom is -0.384 e. The van der Waals surface area contributed by atoms with Gasteiger partial charge in [-0.25, -0.2) is 0 Å². The Balaban J connectivity index is 1.70. The van der Waals surface area contributed by atoms with Crippen molar-refractivity contribution in [2.45, 2.75) is 51.5 Å². The van der Waals surface area contributed by atoms with E-state index in [1.54, 1.807) is 0 Å². The molecule has 4 heteroatoms. The molecule has 1 aliphatic rings. The zero-order chi connectivity index (χ0) is 14.4. The molecule has 1 aromatic rings. The molecule has 1 saturated carbocycles. The van der Waals surface area contributed by atoms with Crippen molar-refractivity contribution in [3.8, 4) is 0 Å². The van der Waals surface area contributed by atoms with Crippen LogP contribution >= 0.6 is 15.9 Å². The first-order valence-electron chi connectivity index (χ1n) is 7.44. The number of carbonyl (C=O) groups is 1. The quantitative estimate of drug-likeness (QED) is 0.851. The molecule has 1 aliphatic carbocycles. The molecule has 2 N–H and O–H groups in total. The van der Waals surface area contributed by atoms with E-state index in [2.05, 4.69) is 39.6 Å². The van der Waals surface area contributed by atoms with Crippen molar-refractivity contribution in [1.82, 2.24) is 5.32 Å². The predicted octanol–water partition coefficient (Wildman–Crippen LogP) is 4.01. The van der Waals surface area contributed by atoms with Gasteiger partial charge in [-0.15, -0.1) is 0 Å². The van der Waals surface area contributed by atoms with Crippen molar-refractivity contribution in [2.75, 3.05) is 11.9 Å². The highest BCUT2D eigenvalue weighted by Gasteiger charge is 2.15. The van der Waals surface area contributed by atoms with Gasteiger partial charge in [0.15, 0.2) is 0 Å². The lowest BCUT2D eigenvalue weighted by Gasteiger charge is -2.22. The van der Waals surface area contributed by atoms with Gasteiger partial charge in [-0.05, 0) is 43.5 Å². The summed E-state index contributed by atoms with van der Waals surface area (Å²) in [5.41, 5.74) is 2.28. The van der Waals surface area contributed by atoms with E-state index in [0.717, 1.165) is 23.0 Å². The molecule has 1 aromatic carbocycles. The Morgan fingerprint density at radius 1 is 1.30 bits per heavy atom. The predicted molar refractivity (Wildman–Crippen MR) is 87.0 cm³/mol. The smallest absolute Gasteiger partial charge is 0.221 e. The molecule has 20 heavy (non-hydrogen) atoms. The van der Waals surface area contributed by atoms with Crippen molar-refractivity contribution in [3.05, 3.63) is 28.2 Å². The van der Waals surface area contributed by atoms with Gasteiger partial charge in [0.25, 0.3) is 0 Å². The van der Waals surface area contributed by atoms with Crippen LogP contribution < -0.4 is 10.6 Å². The number of anilines is 1. The third kappa shape index (κ3) is 4.82. The summed E-state index contributed by atoms with van der Waals surface area (Å²) in [6, 6.07) is 6.53. The highest BCUT2D eigenvalue weighted by atomic mass is 79.9.